The monoisotopic (exact) mass is 280 g/mol. The number of ether oxygens (including phenoxy) is 1. The van der Waals surface area contributed by atoms with Crippen LogP contribution in [0.15, 0.2) is 18.2 Å². The van der Waals surface area contributed by atoms with Gasteiger partial charge in [0.1, 0.15) is 0 Å². The number of methoxy groups -OCH3 is 1. The van der Waals surface area contributed by atoms with Crippen LogP contribution in [-0.2, 0) is 4.79 Å². The van der Waals surface area contributed by atoms with E-state index in [0.29, 0.717) is 17.9 Å². The van der Waals surface area contributed by atoms with Crippen molar-refractivity contribution in [3.05, 3.63) is 23.8 Å². The number of carbonyl (C=O) groups excluding carboxylic acids is 2. The largest absolute Gasteiger partial charge is 0.504 e. The van der Waals surface area contributed by atoms with E-state index in [1.54, 1.807) is 6.07 Å². The van der Waals surface area contributed by atoms with Gasteiger partial charge in [0.25, 0.3) is 5.91 Å². The lowest BCUT2D eigenvalue weighted by Crippen LogP contribution is -2.40. The molecule has 6 heteroatoms. The summed E-state index contributed by atoms with van der Waals surface area (Å²) < 4.78 is 4.93. The van der Waals surface area contributed by atoms with E-state index in [9.17, 15) is 14.7 Å². The second-order valence-corrected chi connectivity index (χ2v) is 4.29. The number of nitrogens with zero attached hydrogens (tertiary/aromatic N) is 1. The summed E-state index contributed by atoms with van der Waals surface area (Å²) in [6.07, 6.45) is 0.741. The molecule has 0 atom stereocenters. The standard InChI is InChI=1S/C14H20N2O4/c1-4-7-16(9-13(18)15-2)14(19)10-5-6-12(20-3)11(17)8-10/h5-6,8,17H,4,7,9H2,1-3H3,(H,15,18). The highest BCUT2D eigenvalue weighted by atomic mass is 16.5. The SMILES string of the molecule is CCCN(CC(=O)NC)C(=O)c1ccc(OC)c(O)c1. The minimum atomic E-state index is -0.298. The van der Waals surface area contributed by atoms with Crippen molar-refractivity contribution in [2.45, 2.75) is 13.3 Å². The van der Waals surface area contributed by atoms with E-state index in [2.05, 4.69) is 5.32 Å². The molecule has 0 aliphatic rings. The molecule has 110 valence electrons. The third-order valence-electron chi connectivity index (χ3n) is 2.82. The van der Waals surface area contributed by atoms with Crippen LogP contribution >= 0.6 is 0 Å². The van der Waals surface area contributed by atoms with Gasteiger partial charge in [0.2, 0.25) is 5.91 Å². The molecular formula is C14H20N2O4. The second-order valence-electron chi connectivity index (χ2n) is 4.29. The fraction of sp³-hybridized carbons (Fsp3) is 0.429. The highest BCUT2D eigenvalue weighted by Crippen LogP contribution is 2.26. The first kappa shape index (κ1) is 15.8. The third kappa shape index (κ3) is 3.88. The Morgan fingerprint density at radius 1 is 1.40 bits per heavy atom. The Morgan fingerprint density at radius 3 is 2.60 bits per heavy atom. The average molecular weight is 280 g/mol. The number of phenolic OH excluding ortho intramolecular Hbond substituents is 1. The second kappa shape index (κ2) is 7.37. The number of amides is 2. The van der Waals surface area contributed by atoms with Crippen LogP contribution in [0.4, 0.5) is 0 Å². The topological polar surface area (TPSA) is 78.9 Å². The summed E-state index contributed by atoms with van der Waals surface area (Å²) in [5.41, 5.74) is 0.320. The van der Waals surface area contributed by atoms with Crippen LogP contribution in [0.25, 0.3) is 0 Å². The van der Waals surface area contributed by atoms with Crippen molar-refractivity contribution in [3.8, 4) is 11.5 Å². The van der Waals surface area contributed by atoms with Gasteiger partial charge in [-0.2, -0.15) is 0 Å². The number of phenols is 1. The maximum absolute atomic E-state index is 12.3. The van der Waals surface area contributed by atoms with Gasteiger partial charge in [-0.1, -0.05) is 6.92 Å². The van der Waals surface area contributed by atoms with Gasteiger partial charge in [0.05, 0.1) is 13.7 Å². The molecule has 0 spiro atoms. The minimum absolute atomic E-state index is 0.00400. The number of benzene rings is 1. The van der Waals surface area contributed by atoms with E-state index in [-0.39, 0.29) is 24.1 Å². The zero-order valence-corrected chi connectivity index (χ0v) is 12.0. The van der Waals surface area contributed by atoms with Crippen molar-refractivity contribution in [1.29, 1.82) is 0 Å². The van der Waals surface area contributed by atoms with Gasteiger partial charge in [0, 0.05) is 19.2 Å². The van der Waals surface area contributed by atoms with E-state index in [1.165, 1.54) is 31.2 Å². The Morgan fingerprint density at radius 2 is 2.10 bits per heavy atom. The van der Waals surface area contributed by atoms with E-state index in [1.807, 2.05) is 6.92 Å². The van der Waals surface area contributed by atoms with Gasteiger partial charge >= 0.3 is 0 Å². The maximum atomic E-state index is 12.3. The van der Waals surface area contributed by atoms with Crippen LogP contribution in [0.3, 0.4) is 0 Å². The fourth-order valence-corrected chi connectivity index (χ4v) is 1.78. The maximum Gasteiger partial charge on any atom is 0.254 e. The Hall–Kier alpha value is -2.24. The zero-order chi connectivity index (χ0) is 15.1. The Labute approximate surface area is 118 Å². The van der Waals surface area contributed by atoms with Crippen LogP contribution in [0.5, 0.6) is 11.5 Å². The molecule has 1 rings (SSSR count). The van der Waals surface area contributed by atoms with Gasteiger partial charge < -0.3 is 20.1 Å². The molecule has 1 aromatic rings. The zero-order valence-electron chi connectivity index (χ0n) is 12.0. The number of nitrogens with one attached hydrogen (secondary N) is 1. The smallest absolute Gasteiger partial charge is 0.254 e. The minimum Gasteiger partial charge on any atom is -0.504 e. The quantitative estimate of drug-likeness (QED) is 0.814. The first-order valence-electron chi connectivity index (χ1n) is 6.40. The highest BCUT2D eigenvalue weighted by molar-refractivity contribution is 5.97. The molecule has 0 unspecified atom stereocenters. The van der Waals surface area contributed by atoms with E-state index < -0.39 is 0 Å². The Bertz CT molecular complexity index is 488. The van der Waals surface area contributed by atoms with Crippen LogP contribution in [0, 0.1) is 0 Å². The van der Waals surface area contributed by atoms with Gasteiger partial charge in [-0.15, -0.1) is 0 Å². The number of carbonyl (C=O) groups is 2. The average Bonchev–Trinajstić information content (AvgIpc) is 2.45. The van der Waals surface area contributed by atoms with Crippen molar-refractivity contribution in [3.63, 3.8) is 0 Å². The van der Waals surface area contributed by atoms with Crippen molar-refractivity contribution >= 4 is 11.8 Å². The van der Waals surface area contributed by atoms with Crippen LogP contribution < -0.4 is 10.1 Å². The Balaban J connectivity index is 2.93. The summed E-state index contributed by atoms with van der Waals surface area (Å²) >= 11 is 0. The van der Waals surface area contributed by atoms with Crippen LogP contribution in [0.1, 0.15) is 23.7 Å². The lowest BCUT2D eigenvalue weighted by atomic mass is 10.1. The molecule has 0 heterocycles. The van der Waals surface area contributed by atoms with Crippen LogP contribution in [-0.4, -0.2) is 49.1 Å². The van der Waals surface area contributed by atoms with Gasteiger partial charge in [-0.3, -0.25) is 9.59 Å². The fourth-order valence-electron chi connectivity index (χ4n) is 1.78. The van der Waals surface area contributed by atoms with Gasteiger partial charge in [-0.25, -0.2) is 0 Å². The van der Waals surface area contributed by atoms with Crippen molar-refractivity contribution in [2.24, 2.45) is 0 Å². The molecule has 0 bridgehead atoms. The number of hydrogen-bond acceptors (Lipinski definition) is 4. The molecular weight excluding hydrogens is 260 g/mol. The lowest BCUT2D eigenvalue weighted by Gasteiger charge is -2.21. The summed E-state index contributed by atoms with van der Waals surface area (Å²) in [5.74, 6) is -0.331. The molecule has 0 radical (unpaired) electrons. The van der Waals surface area contributed by atoms with Gasteiger partial charge in [0.15, 0.2) is 11.5 Å². The van der Waals surface area contributed by atoms with E-state index in [0.717, 1.165) is 6.42 Å². The third-order valence-corrected chi connectivity index (χ3v) is 2.82. The molecule has 1 aromatic carbocycles. The number of rotatable bonds is 6. The van der Waals surface area contributed by atoms with E-state index in [4.69, 9.17) is 4.74 Å². The normalized spacial score (nSPS) is 9.95. The van der Waals surface area contributed by atoms with Gasteiger partial charge in [-0.05, 0) is 24.6 Å². The molecule has 0 fully saturated rings. The first-order valence-corrected chi connectivity index (χ1v) is 6.40. The van der Waals surface area contributed by atoms with E-state index >= 15 is 0 Å². The molecule has 0 saturated carbocycles. The summed E-state index contributed by atoms with van der Waals surface area (Å²) in [5, 5.41) is 12.2. The predicted octanol–water partition coefficient (Wildman–Crippen LogP) is 0.999. The molecule has 6 nitrogen and oxygen atoms in total. The molecule has 0 aromatic heterocycles. The number of aromatic hydroxyl groups is 1. The molecule has 20 heavy (non-hydrogen) atoms. The van der Waals surface area contributed by atoms with Crippen molar-refractivity contribution in [2.75, 3.05) is 27.2 Å². The first-order chi connectivity index (χ1) is 9.53. The summed E-state index contributed by atoms with van der Waals surface area (Å²) in [7, 11) is 2.96. The molecule has 2 amide bonds. The summed E-state index contributed by atoms with van der Waals surface area (Å²) in [6, 6.07) is 4.42. The summed E-state index contributed by atoms with van der Waals surface area (Å²) in [4.78, 5) is 25.2. The number of likely N-dealkylation sites (N-methyl/N-ethyl adjacent to an activating group) is 1. The molecule has 2 N–H and O–H groups in total. The van der Waals surface area contributed by atoms with Crippen molar-refractivity contribution < 1.29 is 19.4 Å². The summed E-state index contributed by atoms with van der Waals surface area (Å²) in [6.45, 7) is 2.39. The lowest BCUT2D eigenvalue weighted by molar-refractivity contribution is -0.121. The van der Waals surface area contributed by atoms with Crippen molar-refractivity contribution in [1.82, 2.24) is 10.2 Å². The van der Waals surface area contributed by atoms with Crippen LogP contribution in [0.2, 0.25) is 0 Å². The Kier molecular flexibility index (Phi) is 5.83. The molecule has 0 aliphatic carbocycles. The highest BCUT2D eigenvalue weighted by Gasteiger charge is 2.18. The number of hydrogen-bond donors (Lipinski definition) is 2. The molecule has 0 aliphatic heterocycles. The molecule has 0 saturated heterocycles. The predicted molar refractivity (Wildman–Crippen MR) is 74.9 cm³/mol.